The first kappa shape index (κ1) is 16.0. The van der Waals surface area contributed by atoms with Crippen LogP contribution in [-0.2, 0) is 14.3 Å². The van der Waals surface area contributed by atoms with Crippen LogP contribution in [0.1, 0.15) is 47.0 Å². The number of piperidine rings is 1. The maximum Gasteiger partial charge on any atom is 0.323 e. The third-order valence-corrected chi connectivity index (χ3v) is 3.34. The Labute approximate surface area is 115 Å². The van der Waals surface area contributed by atoms with Crippen LogP contribution in [-0.4, -0.2) is 48.1 Å². The van der Waals surface area contributed by atoms with Gasteiger partial charge in [-0.2, -0.15) is 0 Å². The predicted molar refractivity (Wildman–Crippen MR) is 73.7 cm³/mol. The Balaban J connectivity index is 2.74. The molecule has 1 saturated heterocycles. The van der Waals surface area contributed by atoms with E-state index in [4.69, 9.17) is 4.74 Å². The SMILES string of the molecule is CNC(=O)C1CCCCN1C(C)C(=O)OC(C)(C)C. The molecule has 110 valence electrons. The first-order chi connectivity index (χ1) is 8.76. The van der Waals surface area contributed by atoms with E-state index >= 15 is 0 Å². The lowest BCUT2D eigenvalue weighted by Gasteiger charge is -2.38. The second-order valence-corrected chi connectivity index (χ2v) is 6.07. The van der Waals surface area contributed by atoms with Gasteiger partial charge in [0.15, 0.2) is 0 Å². The summed E-state index contributed by atoms with van der Waals surface area (Å²) in [4.78, 5) is 26.0. The summed E-state index contributed by atoms with van der Waals surface area (Å²) in [6.45, 7) is 8.13. The van der Waals surface area contributed by atoms with Crippen LogP contribution >= 0.6 is 0 Å². The summed E-state index contributed by atoms with van der Waals surface area (Å²) in [7, 11) is 1.63. The molecule has 5 heteroatoms. The average molecular weight is 270 g/mol. The summed E-state index contributed by atoms with van der Waals surface area (Å²) in [5.74, 6) is -0.279. The molecule has 0 bridgehead atoms. The van der Waals surface area contributed by atoms with Crippen LogP contribution < -0.4 is 5.32 Å². The lowest BCUT2D eigenvalue weighted by Crippen LogP contribution is -2.55. The van der Waals surface area contributed by atoms with E-state index in [1.807, 2.05) is 32.6 Å². The number of carbonyl (C=O) groups excluding carboxylic acids is 2. The minimum atomic E-state index is -0.496. The van der Waals surface area contributed by atoms with Crippen LogP contribution in [0.5, 0.6) is 0 Å². The highest BCUT2D eigenvalue weighted by molar-refractivity contribution is 5.83. The molecular weight excluding hydrogens is 244 g/mol. The van der Waals surface area contributed by atoms with Crippen LogP contribution in [0.3, 0.4) is 0 Å². The largest absolute Gasteiger partial charge is 0.459 e. The zero-order chi connectivity index (χ0) is 14.6. The summed E-state index contributed by atoms with van der Waals surface area (Å²) in [5.41, 5.74) is -0.496. The smallest absolute Gasteiger partial charge is 0.323 e. The topological polar surface area (TPSA) is 58.6 Å². The molecule has 0 aromatic rings. The number of likely N-dealkylation sites (N-methyl/N-ethyl adjacent to an activating group) is 1. The standard InChI is InChI=1S/C14H26N2O3/c1-10(13(18)19-14(2,3)4)16-9-7-6-8-11(16)12(17)15-5/h10-11H,6-9H2,1-5H3,(H,15,17). The Morgan fingerprint density at radius 1 is 1.32 bits per heavy atom. The summed E-state index contributed by atoms with van der Waals surface area (Å²) in [6.07, 6.45) is 2.84. The van der Waals surface area contributed by atoms with Crippen molar-refractivity contribution in [3.05, 3.63) is 0 Å². The van der Waals surface area contributed by atoms with Gasteiger partial charge in [0.25, 0.3) is 0 Å². The number of likely N-dealkylation sites (tertiary alicyclic amines) is 1. The number of rotatable bonds is 3. The summed E-state index contributed by atoms with van der Waals surface area (Å²) < 4.78 is 5.40. The second kappa shape index (κ2) is 6.37. The van der Waals surface area contributed by atoms with Crippen molar-refractivity contribution in [3.8, 4) is 0 Å². The van der Waals surface area contributed by atoms with Gasteiger partial charge in [0.05, 0.1) is 6.04 Å². The molecule has 1 fully saturated rings. The number of nitrogens with one attached hydrogen (secondary N) is 1. The van der Waals surface area contributed by atoms with Crippen LogP contribution in [0.4, 0.5) is 0 Å². The van der Waals surface area contributed by atoms with E-state index in [0.717, 1.165) is 25.8 Å². The molecule has 0 aromatic carbocycles. The number of ether oxygens (including phenoxy) is 1. The van der Waals surface area contributed by atoms with E-state index in [9.17, 15) is 9.59 Å². The summed E-state index contributed by atoms with van der Waals surface area (Å²) >= 11 is 0. The van der Waals surface area contributed by atoms with Gasteiger partial charge in [-0.15, -0.1) is 0 Å². The molecule has 1 aliphatic rings. The molecule has 1 rings (SSSR count). The minimum absolute atomic E-state index is 0.0184. The number of amides is 1. The number of esters is 1. The zero-order valence-electron chi connectivity index (χ0n) is 12.7. The van der Waals surface area contributed by atoms with E-state index < -0.39 is 5.60 Å². The number of hydrogen-bond donors (Lipinski definition) is 1. The first-order valence-corrected chi connectivity index (χ1v) is 6.96. The predicted octanol–water partition coefficient (Wildman–Crippen LogP) is 1.32. The molecule has 2 unspecified atom stereocenters. The molecule has 0 saturated carbocycles. The van der Waals surface area contributed by atoms with Gasteiger partial charge >= 0.3 is 5.97 Å². The molecule has 0 radical (unpaired) electrons. The van der Waals surface area contributed by atoms with Gasteiger partial charge in [-0.25, -0.2) is 0 Å². The van der Waals surface area contributed by atoms with E-state index in [0.29, 0.717) is 0 Å². The van der Waals surface area contributed by atoms with Gasteiger partial charge in [-0.3, -0.25) is 14.5 Å². The Hall–Kier alpha value is -1.10. The second-order valence-electron chi connectivity index (χ2n) is 6.07. The monoisotopic (exact) mass is 270 g/mol. The molecule has 5 nitrogen and oxygen atoms in total. The molecule has 0 aliphatic carbocycles. The van der Waals surface area contributed by atoms with Crippen LogP contribution in [0.25, 0.3) is 0 Å². The Morgan fingerprint density at radius 2 is 1.95 bits per heavy atom. The third-order valence-electron chi connectivity index (χ3n) is 3.34. The molecule has 1 amide bonds. The van der Waals surface area contributed by atoms with Crippen LogP contribution in [0.2, 0.25) is 0 Å². The van der Waals surface area contributed by atoms with Crippen LogP contribution in [0, 0.1) is 0 Å². The minimum Gasteiger partial charge on any atom is -0.459 e. The fourth-order valence-corrected chi connectivity index (χ4v) is 2.39. The highest BCUT2D eigenvalue weighted by atomic mass is 16.6. The fraction of sp³-hybridized carbons (Fsp3) is 0.857. The van der Waals surface area contributed by atoms with Crippen molar-refractivity contribution in [2.75, 3.05) is 13.6 Å². The van der Waals surface area contributed by atoms with Crippen molar-refractivity contribution in [3.63, 3.8) is 0 Å². The van der Waals surface area contributed by atoms with Crippen molar-refractivity contribution >= 4 is 11.9 Å². The van der Waals surface area contributed by atoms with Crippen molar-refractivity contribution in [2.45, 2.75) is 64.6 Å². The van der Waals surface area contributed by atoms with E-state index in [1.54, 1.807) is 7.05 Å². The van der Waals surface area contributed by atoms with Crippen molar-refractivity contribution in [1.82, 2.24) is 10.2 Å². The molecule has 2 atom stereocenters. The molecule has 19 heavy (non-hydrogen) atoms. The Kier molecular flexibility index (Phi) is 5.35. The lowest BCUT2D eigenvalue weighted by molar-refractivity contribution is -0.162. The molecule has 0 aromatic heterocycles. The van der Waals surface area contributed by atoms with Crippen molar-refractivity contribution < 1.29 is 14.3 Å². The average Bonchev–Trinajstić information content (AvgIpc) is 2.35. The van der Waals surface area contributed by atoms with Gasteiger partial charge < -0.3 is 10.1 Å². The van der Waals surface area contributed by atoms with Gasteiger partial charge in [-0.1, -0.05) is 6.42 Å². The third kappa shape index (κ3) is 4.49. The normalized spacial score (nSPS) is 22.7. The number of hydrogen-bond acceptors (Lipinski definition) is 4. The zero-order valence-corrected chi connectivity index (χ0v) is 12.7. The molecule has 1 heterocycles. The van der Waals surface area contributed by atoms with E-state index in [1.165, 1.54) is 0 Å². The van der Waals surface area contributed by atoms with E-state index in [2.05, 4.69) is 5.32 Å². The maximum absolute atomic E-state index is 12.1. The molecule has 1 aliphatic heterocycles. The number of nitrogens with zero attached hydrogens (tertiary/aromatic N) is 1. The highest BCUT2D eigenvalue weighted by Gasteiger charge is 2.35. The summed E-state index contributed by atoms with van der Waals surface area (Å²) in [5, 5.41) is 2.67. The van der Waals surface area contributed by atoms with Gasteiger partial charge in [-0.05, 0) is 47.1 Å². The van der Waals surface area contributed by atoms with Crippen molar-refractivity contribution in [2.24, 2.45) is 0 Å². The quantitative estimate of drug-likeness (QED) is 0.786. The Morgan fingerprint density at radius 3 is 2.47 bits per heavy atom. The summed E-state index contributed by atoms with van der Waals surface area (Å²) in [6, 6.07) is -0.608. The van der Waals surface area contributed by atoms with Gasteiger partial charge in [0.2, 0.25) is 5.91 Å². The number of carbonyl (C=O) groups is 2. The highest BCUT2D eigenvalue weighted by Crippen LogP contribution is 2.21. The lowest BCUT2D eigenvalue weighted by atomic mass is 9.99. The maximum atomic E-state index is 12.1. The fourth-order valence-electron chi connectivity index (χ4n) is 2.39. The van der Waals surface area contributed by atoms with Gasteiger partial charge in [0, 0.05) is 7.05 Å². The van der Waals surface area contributed by atoms with Crippen LogP contribution in [0.15, 0.2) is 0 Å². The molecular formula is C14H26N2O3. The molecule has 1 N–H and O–H groups in total. The Bertz CT molecular complexity index is 336. The van der Waals surface area contributed by atoms with E-state index in [-0.39, 0.29) is 24.0 Å². The first-order valence-electron chi connectivity index (χ1n) is 6.96. The van der Waals surface area contributed by atoms with Crippen molar-refractivity contribution in [1.29, 1.82) is 0 Å². The van der Waals surface area contributed by atoms with Gasteiger partial charge in [0.1, 0.15) is 11.6 Å². The molecule has 0 spiro atoms.